The number of hydrogen-bond donors (Lipinski definition) is 1. The summed E-state index contributed by atoms with van der Waals surface area (Å²) < 4.78 is 11.2. The van der Waals surface area contributed by atoms with Crippen molar-refractivity contribution in [3.05, 3.63) is 41.5 Å². The Hall–Kier alpha value is -2.41. The van der Waals surface area contributed by atoms with E-state index in [1.807, 2.05) is 45.0 Å². The van der Waals surface area contributed by atoms with Crippen molar-refractivity contribution in [2.45, 2.75) is 57.7 Å². The minimum Gasteiger partial charge on any atom is -0.490 e. The van der Waals surface area contributed by atoms with Crippen LogP contribution in [0.5, 0.6) is 5.75 Å². The van der Waals surface area contributed by atoms with Gasteiger partial charge in [-0.05, 0) is 77.9 Å². The Labute approximate surface area is 160 Å². The lowest BCUT2D eigenvalue weighted by Crippen LogP contribution is -2.41. The first kappa shape index (κ1) is 19.4. The Morgan fingerprint density at radius 2 is 1.93 bits per heavy atom. The van der Waals surface area contributed by atoms with Crippen molar-refractivity contribution in [2.75, 3.05) is 14.1 Å². The number of benzene rings is 1. The number of carbonyl (C=O) groups is 1. The van der Waals surface area contributed by atoms with Gasteiger partial charge in [-0.25, -0.2) is 0 Å². The van der Waals surface area contributed by atoms with E-state index in [0.29, 0.717) is 29.9 Å². The van der Waals surface area contributed by atoms with Crippen LogP contribution in [-0.4, -0.2) is 41.1 Å². The lowest BCUT2D eigenvalue weighted by molar-refractivity contribution is 0.0907. The topological polar surface area (TPSA) is 80.5 Å². The van der Waals surface area contributed by atoms with Gasteiger partial charge in [0.15, 0.2) is 5.82 Å². The van der Waals surface area contributed by atoms with Crippen LogP contribution in [0, 0.1) is 0 Å². The molecule has 1 heterocycles. The van der Waals surface area contributed by atoms with E-state index >= 15 is 0 Å². The summed E-state index contributed by atoms with van der Waals surface area (Å²) in [5.74, 6) is 1.59. The van der Waals surface area contributed by atoms with Crippen LogP contribution < -0.4 is 10.1 Å². The summed E-state index contributed by atoms with van der Waals surface area (Å²) in [5.41, 5.74) is -0.177. The van der Waals surface area contributed by atoms with Crippen LogP contribution in [0.2, 0.25) is 0 Å². The minimum atomic E-state index is -0.746. The second-order valence-electron chi connectivity index (χ2n) is 7.88. The van der Waals surface area contributed by atoms with E-state index in [4.69, 9.17) is 9.26 Å². The Morgan fingerprint density at radius 3 is 2.56 bits per heavy atom. The molecule has 0 saturated heterocycles. The second kappa shape index (κ2) is 8.08. The van der Waals surface area contributed by atoms with Gasteiger partial charge in [-0.1, -0.05) is 5.16 Å². The molecule has 1 aliphatic carbocycles. The molecule has 27 heavy (non-hydrogen) atoms. The standard InChI is InChI=1S/C20H28N4O3/c1-20(2,19-21-17(27-23-19)13-24(3)4)22-18(25)14-9-11-16(12-10-14)26-15-7-5-6-8-15/h9-12,15H,5-8,13H2,1-4H3,(H,22,25). The molecule has 146 valence electrons. The maximum Gasteiger partial charge on any atom is 0.252 e. The molecule has 1 aromatic carbocycles. The van der Waals surface area contributed by atoms with Crippen molar-refractivity contribution < 1.29 is 14.1 Å². The highest BCUT2D eigenvalue weighted by molar-refractivity contribution is 5.94. The van der Waals surface area contributed by atoms with Crippen LogP contribution in [0.25, 0.3) is 0 Å². The van der Waals surface area contributed by atoms with Gasteiger partial charge in [-0.3, -0.25) is 4.79 Å². The molecule has 0 aliphatic heterocycles. The zero-order valence-corrected chi connectivity index (χ0v) is 16.5. The predicted molar refractivity (Wildman–Crippen MR) is 102 cm³/mol. The molecular formula is C20H28N4O3. The number of aromatic nitrogens is 2. The van der Waals surface area contributed by atoms with E-state index in [1.54, 1.807) is 12.1 Å². The Morgan fingerprint density at radius 1 is 1.26 bits per heavy atom. The van der Waals surface area contributed by atoms with E-state index in [-0.39, 0.29) is 5.91 Å². The van der Waals surface area contributed by atoms with Crippen LogP contribution >= 0.6 is 0 Å². The molecule has 0 bridgehead atoms. The average molecular weight is 372 g/mol. The number of nitrogens with one attached hydrogen (secondary N) is 1. The zero-order chi connectivity index (χ0) is 19.4. The van der Waals surface area contributed by atoms with Gasteiger partial charge in [0.05, 0.1) is 18.2 Å². The van der Waals surface area contributed by atoms with Gasteiger partial charge in [0.1, 0.15) is 5.75 Å². The Kier molecular flexibility index (Phi) is 5.79. The summed E-state index contributed by atoms with van der Waals surface area (Å²) in [6.45, 7) is 4.26. The molecule has 1 amide bonds. The predicted octanol–water partition coefficient (Wildman–Crippen LogP) is 3.12. The third-order valence-corrected chi connectivity index (χ3v) is 4.63. The lowest BCUT2D eigenvalue weighted by Gasteiger charge is -2.22. The molecule has 0 spiro atoms. The van der Waals surface area contributed by atoms with Crippen molar-refractivity contribution in [3.63, 3.8) is 0 Å². The molecule has 1 aromatic heterocycles. The van der Waals surface area contributed by atoms with E-state index in [9.17, 15) is 4.79 Å². The van der Waals surface area contributed by atoms with Crippen molar-refractivity contribution in [3.8, 4) is 5.75 Å². The maximum atomic E-state index is 12.6. The lowest BCUT2D eigenvalue weighted by atomic mass is 10.0. The van der Waals surface area contributed by atoms with Crippen molar-refractivity contribution in [2.24, 2.45) is 0 Å². The van der Waals surface area contributed by atoms with Gasteiger partial charge in [-0.2, -0.15) is 4.98 Å². The number of rotatable bonds is 7. The van der Waals surface area contributed by atoms with Crippen LogP contribution in [0.15, 0.2) is 28.8 Å². The van der Waals surface area contributed by atoms with E-state index in [1.165, 1.54) is 12.8 Å². The molecule has 0 atom stereocenters. The first-order valence-corrected chi connectivity index (χ1v) is 9.40. The van der Waals surface area contributed by atoms with Crippen molar-refractivity contribution >= 4 is 5.91 Å². The SMILES string of the molecule is CN(C)Cc1nc(C(C)(C)NC(=O)c2ccc(OC3CCCC3)cc2)no1. The molecule has 0 unspecified atom stereocenters. The van der Waals surface area contributed by atoms with Gasteiger partial charge in [-0.15, -0.1) is 0 Å². The molecule has 1 N–H and O–H groups in total. The zero-order valence-electron chi connectivity index (χ0n) is 16.5. The first-order valence-electron chi connectivity index (χ1n) is 9.40. The van der Waals surface area contributed by atoms with Gasteiger partial charge in [0, 0.05) is 5.56 Å². The molecule has 0 radical (unpaired) electrons. The quantitative estimate of drug-likeness (QED) is 0.804. The molecular weight excluding hydrogens is 344 g/mol. The minimum absolute atomic E-state index is 0.189. The Bertz CT molecular complexity index is 762. The third-order valence-electron chi connectivity index (χ3n) is 4.63. The number of amides is 1. The highest BCUT2D eigenvalue weighted by Gasteiger charge is 2.29. The normalized spacial score (nSPS) is 15.3. The molecule has 1 fully saturated rings. The number of ether oxygens (including phenoxy) is 1. The van der Waals surface area contributed by atoms with E-state index in [2.05, 4.69) is 15.5 Å². The van der Waals surface area contributed by atoms with E-state index in [0.717, 1.165) is 18.6 Å². The van der Waals surface area contributed by atoms with Gasteiger partial charge in [0.2, 0.25) is 5.89 Å². The molecule has 7 nitrogen and oxygen atoms in total. The average Bonchev–Trinajstić information content (AvgIpc) is 3.27. The summed E-state index contributed by atoms with van der Waals surface area (Å²) in [5, 5.41) is 6.98. The third kappa shape index (κ3) is 5.07. The number of nitrogens with zero attached hydrogens (tertiary/aromatic N) is 3. The maximum absolute atomic E-state index is 12.6. The summed E-state index contributed by atoms with van der Waals surface area (Å²) in [4.78, 5) is 19.0. The summed E-state index contributed by atoms with van der Waals surface area (Å²) in [6.07, 6.45) is 4.98. The largest absolute Gasteiger partial charge is 0.490 e. The molecule has 1 aliphatic rings. The highest BCUT2D eigenvalue weighted by Crippen LogP contribution is 2.24. The van der Waals surface area contributed by atoms with Gasteiger partial charge in [0.25, 0.3) is 5.91 Å². The fourth-order valence-electron chi connectivity index (χ4n) is 3.14. The van der Waals surface area contributed by atoms with Crippen LogP contribution in [-0.2, 0) is 12.1 Å². The number of hydrogen-bond acceptors (Lipinski definition) is 6. The molecule has 7 heteroatoms. The van der Waals surface area contributed by atoms with Gasteiger partial charge < -0.3 is 19.5 Å². The van der Waals surface area contributed by atoms with Crippen molar-refractivity contribution in [1.29, 1.82) is 0 Å². The molecule has 1 saturated carbocycles. The summed E-state index contributed by atoms with van der Waals surface area (Å²) >= 11 is 0. The van der Waals surface area contributed by atoms with Crippen LogP contribution in [0.1, 0.15) is 61.6 Å². The summed E-state index contributed by atoms with van der Waals surface area (Å²) in [6, 6.07) is 7.26. The van der Waals surface area contributed by atoms with Crippen molar-refractivity contribution in [1.82, 2.24) is 20.4 Å². The highest BCUT2D eigenvalue weighted by atomic mass is 16.5. The summed E-state index contributed by atoms with van der Waals surface area (Å²) in [7, 11) is 3.85. The van der Waals surface area contributed by atoms with Gasteiger partial charge >= 0.3 is 0 Å². The van der Waals surface area contributed by atoms with E-state index < -0.39 is 5.54 Å². The van der Waals surface area contributed by atoms with Crippen LogP contribution in [0.4, 0.5) is 0 Å². The monoisotopic (exact) mass is 372 g/mol. The number of carbonyl (C=O) groups excluding carboxylic acids is 1. The molecule has 2 aromatic rings. The first-order chi connectivity index (χ1) is 12.8. The second-order valence-corrected chi connectivity index (χ2v) is 7.88. The van der Waals surface area contributed by atoms with Crippen LogP contribution in [0.3, 0.4) is 0 Å². The Balaban J connectivity index is 1.62. The fraction of sp³-hybridized carbons (Fsp3) is 0.550. The molecule has 3 rings (SSSR count). The smallest absolute Gasteiger partial charge is 0.252 e. The fourth-order valence-corrected chi connectivity index (χ4v) is 3.14.